The summed E-state index contributed by atoms with van der Waals surface area (Å²) in [5.41, 5.74) is 2.34. The van der Waals surface area contributed by atoms with Crippen molar-refractivity contribution in [3.05, 3.63) is 66.4 Å². The number of carbonyl (C=O) groups excluding carboxylic acids is 1. The number of anilines is 1. The van der Waals surface area contributed by atoms with Gasteiger partial charge in [-0.15, -0.1) is 0 Å². The SMILES string of the molecule is O=C(CCc1ccc(F)cc1)Nc1cccn2ccnc12. The number of halogens is 1. The minimum absolute atomic E-state index is 0.0876. The van der Waals surface area contributed by atoms with Gasteiger partial charge >= 0.3 is 0 Å². The molecule has 0 aliphatic rings. The van der Waals surface area contributed by atoms with Crippen LogP contribution >= 0.6 is 0 Å². The molecule has 3 rings (SSSR count). The molecule has 1 N–H and O–H groups in total. The molecule has 0 spiro atoms. The average molecular weight is 283 g/mol. The fourth-order valence-electron chi connectivity index (χ4n) is 2.17. The molecule has 0 saturated heterocycles. The molecule has 21 heavy (non-hydrogen) atoms. The van der Waals surface area contributed by atoms with E-state index in [4.69, 9.17) is 0 Å². The normalized spacial score (nSPS) is 10.7. The smallest absolute Gasteiger partial charge is 0.224 e. The monoisotopic (exact) mass is 283 g/mol. The Morgan fingerprint density at radius 1 is 1.19 bits per heavy atom. The number of imidazole rings is 1. The summed E-state index contributed by atoms with van der Waals surface area (Å²) in [7, 11) is 0. The molecular weight excluding hydrogens is 269 g/mol. The van der Waals surface area contributed by atoms with Crippen molar-refractivity contribution in [2.45, 2.75) is 12.8 Å². The lowest BCUT2D eigenvalue weighted by molar-refractivity contribution is -0.116. The van der Waals surface area contributed by atoms with Gasteiger partial charge < -0.3 is 9.72 Å². The Kier molecular flexibility index (Phi) is 3.64. The summed E-state index contributed by atoms with van der Waals surface area (Å²) in [5.74, 6) is -0.357. The fraction of sp³-hybridized carbons (Fsp3) is 0.125. The maximum absolute atomic E-state index is 12.8. The Hall–Kier alpha value is -2.69. The average Bonchev–Trinajstić information content (AvgIpc) is 2.96. The Labute approximate surface area is 121 Å². The molecule has 0 aliphatic carbocycles. The number of nitrogens with one attached hydrogen (secondary N) is 1. The predicted octanol–water partition coefficient (Wildman–Crippen LogP) is 3.04. The third kappa shape index (κ3) is 3.08. The zero-order chi connectivity index (χ0) is 14.7. The number of aryl methyl sites for hydroxylation is 1. The van der Waals surface area contributed by atoms with Crippen LogP contribution in [0.2, 0.25) is 0 Å². The number of pyridine rings is 1. The minimum Gasteiger partial charge on any atom is -0.323 e. The highest BCUT2D eigenvalue weighted by atomic mass is 19.1. The molecule has 0 bridgehead atoms. The highest BCUT2D eigenvalue weighted by Crippen LogP contribution is 2.15. The van der Waals surface area contributed by atoms with Gasteiger partial charge in [0.05, 0.1) is 5.69 Å². The molecular formula is C16H14FN3O. The van der Waals surface area contributed by atoms with E-state index < -0.39 is 0 Å². The third-order valence-electron chi connectivity index (χ3n) is 3.25. The highest BCUT2D eigenvalue weighted by molar-refractivity contribution is 5.94. The van der Waals surface area contributed by atoms with Crippen molar-refractivity contribution in [2.24, 2.45) is 0 Å². The number of amides is 1. The summed E-state index contributed by atoms with van der Waals surface area (Å²) in [6.07, 6.45) is 6.29. The van der Waals surface area contributed by atoms with Crippen LogP contribution in [0, 0.1) is 5.82 Å². The van der Waals surface area contributed by atoms with E-state index in [-0.39, 0.29) is 11.7 Å². The van der Waals surface area contributed by atoms with Crippen molar-refractivity contribution in [3.63, 3.8) is 0 Å². The van der Waals surface area contributed by atoms with E-state index in [1.165, 1.54) is 12.1 Å². The molecule has 2 aromatic heterocycles. The first-order valence-electron chi connectivity index (χ1n) is 6.68. The second kappa shape index (κ2) is 5.75. The number of fused-ring (bicyclic) bond motifs is 1. The largest absolute Gasteiger partial charge is 0.323 e. The molecule has 5 heteroatoms. The number of nitrogens with zero attached hydrogens (tertiary/aromatic N) is 2. The van der Waals surface area contributed by atoms with E-state index in [1.807, 2.05) is 28.9 Å². The van der Waals surface area contributed by atoms with Crippen LogP contribution in [0.5, 0.6) is 0 Å². The molecule has 3 aromatic rings. The Morgan fingerprint density at radius 2 is 2.00 bits per heavy atom. The van der Waals surface area contributed by atoms with Crippen LogP contribution in [-0.4, -0.2) is 15.3 Å². The lowest BCUT2D eigenvalue weighted by atomic mass is 10.1. The maximum Gasteiger partial charge on any atom is 0.224 e. The maximum atomic E-state index is 12.8. The summed E-state index contributed by atoms with van der Waals surface area (Å²) in [4.78, 5) is 16.2. The van der Waals surface area contributed by atoms with E-state index >= 15 is 0 Å². The van der Waals surface area contributed by atoms with Crippen molar-refractivity contribution in [1.82, 2.24) is 9.38 Å². The Balaban J connectivity index is 1.64. The van der Waals surface area contributed by atoms with Gasteiger partial charge in [-0.2, -0.15) is 0 Å². The van der Waals surface area contributed by atoms with Crippen molar-refractivity contribution in [3.8, 4) is 0 Å². The zero-order valence-corrected chi connectivity index (χ0v) is 11.3. The van der Waals surface area contributed by atoms with Crippen LogP contribution in [0.15, 0.2) is 55.0 Å². The zero-order valence-electron chi connectivity index (χ0n) is 11.3. The molecule has 0 fully saturated rings. The Morgan fingerprint density at radius 3 is 2.81 bits per heavy atom. The molecule has 0 unspecified atom stereocenters. The molecule has 0 atom stereocenters. The fourth-order valence-corrected chi connectivity index (χ4v) is 2.17. The summed E-state index contributed by atoms with van der Waals surface area (Å²) in [6, 6.07) is 9.86. The first-order valence-corrected chi connectivity index (χ1v) is 6.68. The van der Waals surface area contributed by atoms with Crippen LogP contribution in [0.25, 0.3) is 5.65 Å². The van der Waals surface area contributed by atoms with Gasteiger partial charge in [0.15, 0.2) is 5.65 Å². The van der Waals surface area contributed by atoms with E-state index in [2.05, 4.69) is 10.3 Å². The van der Waals surface area contributed by atoms with Gasteiger partial charge in [0, 0.05) is 25.0 Å². The second-order valence-electron chi connectivity index (χ2n) is 4.75. The second-order valence-corrected chi connectivity index (χ2v) is 4.75. The molecule has 4 nitrogen and oxygen atoms in total. The number of carbonyl (C=O) groups is 1. The van der Waals surface area contributed by atoms with Gasteiger partial charge in [-0.25, -0.2) is 9.37 Å². The molecule has 0 aliphatic heterocycles. The van der Waals surface area contributed by atoms with Crippen LogP contribution in [0.3, 0.4) is 0 Å². The van der Waals surface area contributed by atoms with Crippen molar-refractivity contribution in [2.75, 3.05) is 5.32 Å². The van der Waals surface area contributed by atoms with Gasteiger partial charge in [0.25, 0.3) is 0 Å². The number of hydrogen-bond donors (Lipinski definition) is 1. The first-order chi connectivity index (χ1) is 10.2. The number of aromatic nitrogens is 2. The summed E-state index contributed by atoms with van der Waals surface area (Å²) >= 11 is 0. The predicted molar refractivity (Wildman–Crippen MR) is 78.5 cm³/mol. The summed E-state index contributed by atoms with van der Waals surface area (Å²) in [6.45, 7) is 0. The van der Waals surface area contributed by atoms with Crippen molar-refractivity contribution in [1.29, 1.82) is 0 Å². The van der Waals surface area contributed by atoms with Crippen molar-refractivity contribution >= 4 is 17.2 Å². The quantitative estimate of drug-likeness (QED) is 0.800. The van der Waals surface area contributed by atoms with E-state index in [0.29, 0.717) is 24.2 Å². The third-order valence-corrected chi connectivity index (χ3v) is 3.25. The van der Waals surface area contributed by atoms with Gasteiger partial charge in [-0.05, 0) is 36.2 Å². The number of rotatable bonds is 4. The minimum atomic E-state index is -0.269. The van der Waals surface area contributed by atoms with Gasteiger partial charge in [-0.3, -0.25) is 4.79 Å². The van der Waals surface area contributed by atoms with E-state index in [0.717, 1.165) is 5.56 Å². The van der Waals surface area contributed by atoms with Gasteiger partial charge in [-0.1, -0.05) is 12.1 Å². The topological polar surface area (TPSA) is 46.4 Å². The van der Waals surface area contributed by atoms with Crippen LogP contribution in [0.4, 0.5) is 10.1 Å². The number of benzene rings is 1. The molecule has 2 heterocycles. The Bertz CT molecular complexity index is 765. The van der Waals surface area contributed by atoms with E-state index in [1.54, 1.807) is 18.3 Å². The highest BCUT2D eigenvalue weighted by Gasteiger charge is 2.07. The van der Waals surface area contributed by atoms with Crippen LogP contribution < -0.4 is 5.32 Å². The van der Waals surface area contributed by atoms with Gasteiger partial charge in [0.1, 0.15) is 5.82 Å². The lowest BCUT2D eigenvalue weighted by Crippen LogP contribution is -2.13. The lowest BCUT2D eigenvalue weighted by Gasteiger charge is -2.06. The first kappa shape index (κ1) is 13.3. The molecule has 1 aromatic carbocycles. The van der Waals surface area contributed by atoms with Gasteiger partial charge in [0.2, 0.25) is 5.91 Å². The van der Waals surface area contributed by atoms with Crippen LogP contribution in [-0.2, 0) is 11.2 Å². The van der Waals surface area contributed by atoms with E-state index in [9.17, 15) is 9.18 Å². The van der Waals surface area contributed by atoms with Crippen LogP contribution in [0.1, 0.15) is 12.0 Å². The molecule has 106 valence electrons. The molecule has 0 saturated carbocycles. The molecule has 1 amide bonds. The molecule has 0 radical (unpaired) electrons. The number of hydrogen-bond acceptors (Lipinski definition) is 2. The summed E-state index contributed by atoms with van der Waals surface area (Å²) in [5, 5.41) is 2.86. The standard InChI is InChI=1S/C16H14FN3O/c17-13-6-3-12(4-7-13)5-8-15(21)19-14-2-1-10-20-11-9-18-16(14)20/h1-4,6-7,9-11H,5,8H2,(H,19,21). The summed E-state index contributed by atoms with van der Waals surface area (Å²) < 4.78 is 14.6. The van der Waals surface area contributed by atoms with Crippen molar-refractivity contribution < 1.29 is 9.18 Å².